The minimum absolute atomic E-state index is 0.833. The van der Waals surface area contributed by atoms with Crippen LogP contribution in [0, 0.1) is 5.92 Å². The van der Waals surface area contributed by atoms with Crippen molar-refractivity contribution in [2.75, 3.05) is 0 Å². The molecule has 0 aliphatic rings. The first-order valence-electron chi connectivity index (χ1n) is 4.50. The fourth-order valence-electron chi connectivity index (χ4n) is 0. The van der Waals surface area contributed by atoms with E-state index in [1.807, 2.05) is 13.8 Å². The molecule has 0 N–H and O–H groups in total. The van der Waals surface area contributed by atoms with E-state index in [0.29, 0.717) is 0 Å². The maximum atomic E-state index is 3.56. The van der Waals surface area contributed by atoms with E-state index >= 15 is 0 Å². The van der Waals surface area contributed by atoms with Crippen molar-refractivity contribution in [1.29, 1.82) is 0 Å². The molecule has 0 nitrogen and oxygen atoms in total. The third-order valence-corrected chi connectivity index (χ3v) is 0. The van der Waals surface area contributed by atoms with Crippen LogP contribution in [0.15, 0.2) is 12.2 Å². The molecule has 0 aromatic rings. The normalized spacial score (nSPS) is 7.27. The van der Waals surface area contributed by atoms with E-state index in [0.717, 1.165) is 5.92 Å². The van der Waals surface area contributed by atoms with Crippen molar-refractivity contribution in [2.24, 2.45) is 5.92 Å². The monoisotopic (exact) mass is 158 g/mol. The molecule has 0 unspecified atom stereocenters. The molecule has 0 fully saturated rings. The highest BCUT2D eigenvalue weighted by molar-refractivity contribution is 4.78. The number of hydrogen-bond acceptors (Lipinski definition) is 0. The van der Waals surface area contributed by atoms with Gasteiger partial charge in [0.05, 0.1) is 0 Å². The number of hydrogen-bond donors (Lipinski definition) is 0. The Kier molecular flexibility index (Phi) is 25.3. The van der Waals surface area contributed by atoms with Gasteiger partial charge < -0.3 is 0 Å². The number of rotatable bonds is 0. The summed E-state index contributed by atoms with van der Waals surface area (Å²) in [6.07, 6.45) is 1.25. The van der Waals surface area contributed by atoms with Crippen molar-refractivity contribution >= 4 is 0 Å². The molecule has 0 saturated carbocycles. The van der Waals surface area contributed by atoms with Gasteiger partial charge in [-0.2, -0.15) is 0 Å². The fourth-order valence-corrected chi connectivity index (χ4v) is 0. The first kappa shape index (κ1) is 17.0. The van der Waals surface area contributed by atoms with Gasteiger partial charge in [-0.1, -0.05) is 46.6 Å². The van der Waals surface area contributed by atoms with Crippen LogP contribution in [0.3, 0.4) is 0 Å². The molecule has 0 bridgehead atoms. The fraction of sp³-hybridized carbons (Fsp3) is 0.818. The lowest BCUT2D eigenvalue weighted by Gasteiger charge is -1.79. The van der Waals surface area contributed by atoms with Gasteiger partial charge in [-0.3, -0.25) is 0 Å². The molecular formula is C11H26. The van der Waals surface area contributed by atoms with E-state index in [-0.39, 0.29) is 0 Å². The Bertz CT molecular complexity index is 53.7. The van der Waals surface area contributed by atoms with Gasteiger partial charge in [-0.05, 0) is 19.8 Å². The SMILES string of the molecule is C=C(C)C.CC(C)C.CCC. The standard InChI is InChI=1S/C4H10.C4H8.C3H8/c2*1-4(2)3;1-3-2/h4H,1-3H3;1H2,2-3H3;3H2,1-2H3. The summed E-state index contributed by atoms with van der Waals surface area (Å²) in [4.78, 5) is 0. The van der Waals surface area contributed by atoms with Crippen LogP contribution in [-0.2, 0) is 0 Å². The van der Waals surface area contributed by atoms with Crippen molar-refractivity contribution in [3.63, 3.8) is 0 Å². The van der Waals surface area contributed by atoms with Crippen molar-refractivity contribution in [3.05, 3.63) is 12.2 Å². The zero-order chi connectivity index (χ0) is 9.86. The molecule has 0 heterocycles. The first-order chi connectivity index (χ1) is 4.88. The second-order valence-electron chi connectivity index (χ2n) is 3.65. The largest absolute Gasteiger partial charge is 0.100 e. The van der Waals surface area contributed by atoms with Gasteiger partial charge in [0.2, 0.25) is 0 Å². The summed E-state index contributed by atoms with van der Waals surface area (Å²) in [6.45, 7) is 18.2. The predicted octanol–water partition coefficient (Wildman–Crippen LogP) is 4.66. The molecule has 0 amide bonds. The third-order valence-electron chi connectivity index (χ3n) is 0. The van der Waals surface area contributed by atoms with Crippen molar-refractivity contribution < 1.29 is 0 Å². The molecule has 0 atom stereocenters. The summed E-state index contributed by atoms with van der Waals surface area (Å²) in [5.41, 5.74) is 1.17. The molecule has 11 heavy (non-hydrogen) atoms. The quantitative estimate of drug-likeness (QED) is 0.450. The van der Waals surface area contributed by atoms with Gasteiger partial charge in [0.25, 0.3) is 0 Å². The summed E-state index contributed by atoms with van der Waals surface area (Å²) in [5, 5.41) is 0. The van der Waals surface area contributed by atoms with Crippen LogP contribution in [0.5, 0.6) is 0 Å². The molecule has 0 spiro atoms. The molecule has 0 saturated heterocycles. The highest BCUT2D eigenvalue weighted by Crippen LogP contribution is 1.81. The van der Waals surface area contributed by atoms with Crippen LogP contribution in [0.4, 0.5) is 0 Å². The molecule has 0 aromatic heterocycles. The summed E-state index contributed by atoms with van der Waals surface area (Å²) < 4.78 is 0. The molecule has 0 rings (SSSR count). The van der Waals surface area contributed by atoms with Gasteiger partial charge in [0, 0.05) is 0 Å². The lowest BCUT2D eigenvalue weighted by Crippen LogP contribution is -1.66. The van der Waals surface area contributed by atoms with Crippen molar-refractivity contribution in [3.8, 4) is 0 Å². The third kappa shape index (κ3) is 8630. The maximum absolute atomic E-state index is 3.56. The molecular weight excluding hydrogens is 132 g/mol. The van der Waals surface area contributed by atoms with E-state index in [9.17, 15) is 0 Å². The molecule has 70 valence electrons. The van der Waals surface area contributed by atoms with E-state index in [4.69, 9.17) is 0 Å². The van der Waals surface area contributed by atoms with E-state index < -0.39 is 0 Å². The second-order valence-corrected chi connectivity index (χ2v) is 3.65. The van der Waals surface area contributed by atoms with E-state index in [1.165, 1.54) is 12.0 Å². The van der Waals surface area contributed by atoms with Crippen LogP contribution < -0.4 is 0 Å². The van der Waals surface area contributed by atoms with Crippen molar-refractivity contribution in [1.82, 2.24) is 0 Å². The van der Waals surface area contributed by atoms with E-state index in [1.54, 1.807) is 0 Å². The van der Waals surface area contributed by atoms with Crippen molar-refractivity contribution in [2.45, 2.75) is 54.9 Å². The number of allylic oxidation sites excluding steroid dienone is 1. The van der Waals surface area contributed by atoms with Gasteiger partial charge in [-0.25, -0.2) is 0 Å². The highest BCUT2D eigenvalue weighted by atomic mass is 13.7. The molecule has 0 aliphatic carbocycles. The molecule has 0 aromatic carbocycles. The Labute approximate surface area is 73.7 Å². The van der Waals surface area contributed by atoms with E-state index in [2.05, 4.69) is 41.2 Å². The van der Waals surface area contributed by atoms with Crippen LogP contribution in [0.2, 0.25) is 0 Å². The lowest BCUT2D eigenvalue weighted by molar-refractivity contribution is 0.737. The van der Waals surface area contributed by atoms with Gasteiger partial charge in [-0.15, -0.1) is 6.58 Å². The Balaban J connectivity index is -0.0000000886. The molecule has 0 heteroatoms. The maximum Gasteiger partial charge on any atom is -0.0445 e. The highest BCUT2D eigenvalue weighted by Gasteiger charge is 1.68. The minimum atomic E-state index is 0.833. The van der Waals surface area contributed by atoms with Crippen LogP contribution in [0.1, 0.15) is 54.9 Å². The Hall–Kier alpha value is -0.260. The summed E-state index contributed by atoms with van der Waals surface area (Å²) >= 11 is 0. The van der Waals surface area contributed by atoms with Crippen LogP contribution in [-0.4, -0.2) is 0 Å². The summed E-state index contributed by atoms with van der Waals surface area (Å²) in [6, 6.07) is 0. The second kappa shape index (κ2) is 16.4. The Morgan fingerprint density at radius 3 is 1.09 bits per heavy atom. The summed E-state index contributed by atoms with van der Waals surface area (Å²) in [5.74, 6) is 0.833. The lowest BCUT2D eigenvalue weighted by atomic mass is 10.3. The predicted molar refractivity (Wildman–Crippen MR) is 57.0 cm³/mol. The Morgan fingerprint density at radius 1 is 1.09 bits per heavy atom. The summed E-state index contributed by atoms with van der Waals surface area (Å²) in [7, 11) is 0. The molecule has 0 radical (unpaired) electrons. The topological polar surface area (TPSA) is 0 Å². The van der Waals surface area contributed by atoms with Gasteiger partial charge >= 0.3 is 0 Å². The molecule has 0 aliphatic heterocycles. The van der Waals surface area contributed by atoms with Gasteiger partial charge in [0.15, 0.2) is 0 Å². The van der Waals surface area contributed by atoms with Crippen LogP contribution >= 0.6 is 0 Å². The Morgan fingerprint density at radius 2 is 1.09 bits per heavy atom. The zero-order valence-corrected chi connectivity index (χ0v) is 9.49. The average Bonchev–Trinajstić information content (AvgIpc) is 1.60. The zero-order valence-electron chi connectivity index (χ0n) is 9.49. The first-order valence-corrected chi connectivity index (χ1v) is 4.50. The van der Waals surface area contributed by atoms with Crippen LogP contribution in [0.25, 0.3) is 0 Å². The smallest absolute Gasteiger partial charge is 0.0445 e. The van der Waals surface area contributed by atoms with Gasteiger partial charge in [0.1, 0.15) is 0 Å². The average molecular weight is 158 g/mol. The minimum Gasteiger partial charge on any atom is -0.100 e.